The highest BCUT2D eigenvalue weighted by atomic mass is 32.1. The number of benzene rings is 1. The summed E-state index contributed by atoms with van der Waals surface area (Å²) in [6, 6.07) is 10.3. The predicted octanol–water partition coefficient (Wildman–Crippen LogP) is 3.00. The molecule has 1 atom stereocenters. The van der Waals surface area contributed by atoms with Crippen molar-refractivity contribution >= 4 is 12.6 Å². The Morgan fingerprint density at radius 1 is 1.33 bits per heavy atom. The van der Waals surface area contributed by atoms with Crippen LogP contribution in [0.25, 0.3) is 0 Å². The average Bonchev–Trinajstić information content (AvgIpc) is 2.89. The first-order valence-corrected chi connectivity index (χ1v) is 6.77. The van der Waals surface area contributed by atoms with Gasteiger partial charge in [-0.2, -0.15) is 17.7 Å². The van der Waals surface area contributed by atoms with E-state index in [2.05, 4.69) is 36.8 Å². The maximum absolute atomic E-state index is 5.76. The van der Waals surface area contributed by atoms with Crippen LogP contribution in [0.4, 0.5) is 0 Å². The Balaban J connectivity index is 1.95. The molecular weight excluding hydrogens is 244 g/mol. The summed E-state index contributed by atoms with van der Waals surface area (Å²) in [4.78, 5) is 0. The van der Waals surface area contributed by atoms with E-state index in [4.69, 9.17) is 4.74 Å². The summed E-state index contributed by atoms with van der Waals surface area (Å²) in [6.45, 7) is 3.54. The van der Waals surface area contributed by atoms with Gasteiger partial charge in [-0.3, -0.25) is 4.68 Å². The molecule has 1 unspecified atom stereocenters. The summed E-state index contributed by atoms with van der Waals surface area (Å²) in [5.41, 5.74) is 1.26. The van der Waals surface area contributed by atoms with E-state index in [0.717, 1.165) is 18.0 Å². The zero-order chi connectivity index (χ0) is 12.8. The van der Waals surface area contributed by atoms with Crippen LogP contribution in [0, 0.1) is 0 Å². The highest BCUT2D eigenvalue weighted by Gasteiger charge is 2.10. The minimum Gasteiger partial charge on any atom is -0.490 e. The zero-order valence-electron chi connectivity index (χ0n) is 10.5. The lowest BCUT2D eigenvalue weighted by Crippen LogP contribution is -2.11. The summed E-state index contributed by atoms with van der Waals surface area (Å²) in [5.74, 6) is 1.89. The third-order valence-corrected chi connectivity index (χ3v) is 3.32. The number of hydrogen-bond acceptors (Lipinski definition) is 3. The van der Waals surface area contributed by atoms with E-state index in [-0.39, 0.29) is 0 Å². The lowest BCUT2D eigenvalue weighted by atomic mass is 10.0. The molecule has 1 aromatic heterocycles. The van der Waals surface area contributed by atoms with Gasteiger partial charge in [0.2, 0.25) is 0 Å². The molecule has 18 heavy (non-hydrogen) atoms. The van der Waals surface area contributed by atoms with Gasteiger partial charge in [0, 0.05) is 18.2 Å². The van der Waals surface area contributed by atoms with Crippen molar-refractivity contribution in [2.45, 2.75) is 19.4 Å². The van der Waals surface area contributed by atoms with Crippen molar-refractivity contribution < 1.29 is 4.74 Å². The van der Waals surface area contributed by atoms with Crippen LogP contribution >= 0.6 is 12.6 Å². The number of aromatic nitrogens is 2. The Hall–Kier alpha value is -1.42. The van der Waals surface area contributed by atoms with Gasteiger partial charge in [-0.25, -0.2) is 0 Å². The SMILES string of the molecule is CCn1cc(OCC(CS)c2ccccc2)cn1. The molecule has 3 nitrogen and oxygen atoms in total. The molecule has 2 aromatic rings. The fraction of sp³-hybridized carbons (Fsp3) is 0.357. The van der Waals surface area contributed by atoms with Crippen LogP contribution in [-0.2, 0) is 6.54 Å². The van der Waals surface area contributed by atoms with Gasteiger partial charge in [-0.1, -0.05) is 30.3 Å². The van der Waals surface area contributed by atoms with Gasteiger partial charge in [0.25, 0.3) is 0 Å². The highest BCUT2D eigenvalue weighted by Crippen LogP contribution is 2.19. The molecule has 96 valence electrons. The number of ether oxygens (including phenoxy) is 1. The van der Waals surface area contributed by atoms with E-state index >= 15 is 0 Å². The van der Waals surface area contributed by atoms with Gasteiger partial charge in [-0.15, -0.1) is 0 Å². The minimum absolute atomic E-state index is 0.305. The molecule has 0 spiro atoms. The van der Waals surface area contributed by atoms with Crippen LogP contribution in [0.2, 0.25) is 0 Å². The molecule has 1 heterocycles. The summed E-state index contributed by atoms with van der Waals surface area (Å²) in [5, 5.41) is 4.18. The molecule has 0 saturated heterocycles. The first kappa shape index (κ1) is 13.0. The molecule has 0 fully saturated rings. The molecule has 0 N–H and O–H groups in total. The van der Waals surface area contributed by atoms with Crippen LogP contribution in [0.5, 0.6) is 5.75 Å². The Labute approximate surface area is 113 Å². The Bertz CT molecular complexity index is 470. The van der Waals surface area contributed by atoms with Gasteiger partial charge in [0.15, 0.2) is 5.75 Å². The van der Waals surface area contributed by atoms with E-state index in [1.807, 2.05) is 29.1 Å². The lowest BCUT2D eigenvalue weighted by Gasteiger charge is -2.14. The van der Waals surface area contributed by atoms with Crippen LogP contribution in [0.1, 0.15) is 18.4 Å². The predicted molar refractivity (Wildman–Crippen MR) is 76.4 cm³/mol. The number of thiol groups is 1. The van der Waals surface area contributed by atoms with Gasteiger partial charge in [0.05, 0.1) is 19.0 Å². The minimum atomic E-state index is 0.305. The molecule has 2 rings (SSSR count). The monoisotopic (exact) mass is 262 g/mol. The van der Waals surface area contributed by atoms with Crippen molar-refractivity contribution in [3.63, 3.8) is 0 Å². The van der Waals surface area contributed by atoms with Crippen LogP contribution in [0.15, 0.2) is 42.7 Å². The third kappa shape index (κ3) is 3.29. The fourth-order valence-electron chi connectivity index (χ4n) is 1.77. The quantitative estimate of drug-likeness (QED) is 0.810. The number of nitrogens with zero attached hydrogens (tertiary/aromatic N) is 2. The molecule has 0 amide bonds. The lowest BCUT2D eigenvalue weighted by molar-refractivity contribution is 0.297. The van der Waals surface area contributed by atoms with E-state index < -0.39 is 0 Å². The highest BCUT2D eigenvalue weighted by molar-refractivity contribution is 7.80. The van der Waals surface area contributed by atoms with Gasteiger partial charge < -0.3 is 4.74 Å². The van der Waals surface area contributed by atoms with E-state index in [9.17, 15) is 0 Å². The molecule has 0 aliphatic carbocycles. The van der Waals surface area contributed by atoms with E-state index in [1.54, 1.807) is 6.20 Å². The largest absolute Gasteiger partial charge is 0.490 e. The topological polar surface area (TPSA) is 27.1 Å². The molecule has 0 aliphatic rings. The van der Waals surface area contributed by atoms with Crippen LogP contribution in [-0.4, -0.2) is 22.1 Å². The normalized spacial score (nSPS) is 12.3. The molecule has 1 aromatic carbocycles. The Morgan fingerprint density at radius 3 is 2.72 bits per heavy atom. The maximum atomic E-state index is 5.76. The van der Waals surface area contributed by atoms with Crippen LogP contribution < -0.4 is 4.74 Å². The van der Waals surface area contributed by atoms with Gasteiger partial charge >= 0.3 is 0 Å². The Kier molecular flexibility index (Phi) is 4.70. The zero-order valence-corrected chi connectivity index (χ0v) is 11.4. The summed E-state index contributed by atoms with van der Waals surface area (Å²) >= 11 is 4.40. The summed E-state index contributed by atoms with van der Waals surface area (Å²) in [6.07, 6.45) is 3.67. The van der Waals surface area contributed by atoms with Crippen molar-refractivity contribution in [1.82, 2.24) is 9.78 Å². The second kappa shape index (κ2) is 6.50. The van der Waals surface area contributed by atoms with Crippen molar-refractivity contribution in [3.8, 4) is 5.75 Å². The van der Waals surface area contributed by atoms with Crippen molar-refractivity contribution in [2.75, 3.05) is 12.4 Å². The molecule has 4 heteroatoms. The molecule has 0 saturated carbocycles. The van der Waals surface area contributed by atoms with E-state index in [1.165, 1.54) is 5.56 Å². The van der Waals surface area contributed by atoms with Crippen molar-refractivity contribution in [2.24, 2.45) is 0 Å². The molecular formula is C14H18N2OS. The second-order valence-corrected chi connectivity index (χ2v) is 4.50. The first-order valence-electron chi connectivity index (χ1n) is 6.14. The van der Waals surface area contributed by atoms with Gasteiger partial charge in [0.1, 0.15) is 0 Å². The Morgan fingerprint density at radius 2 is 2.11 bits per heavy atom. The van der Waals surface area contributed by atoms with Crippen molar-refractivity contribution in [3.05, 3.63) is 48.3 Å². The maximum Gasteiger partial charge on any atom is 0.157 e. The average molecular weight is 262 g/mol. The smallest absolute Gasteiger partial charge is 0.157 e. The fourth-order valence-corrected chi connectivity index (χ4v) is 2.08. The van der Waals surface area contributed by atoms with Gasteiger partial charge in [-0.05, 0) is 12.5 Å². The van der Waals surface area contributed by atoms with Crippen LogP contribution in [0.3, 0.4) is 0 Å². The molecule has 0 bridgehead atoms. The number of rotatable bonds is 6. The standard InChI is InChI=1S/C14H18N2OS/c1-2-16-9-14(8-15-16)17-10-13(11-18)12-6-4-3-5-7-12/h3-9,13,18H,2,10-11H2,1H3. The number of aryl methyl sites for hydroxylation is 1. The number of hydrogen-bond donors (Lipinski definition) is 1. The summed E-state index contributed by atoms with van der Waals surface area (Å²) < 4.78 is 7.62. The van der Waals surface area contributed by atoms with Crippen molar-refractivity contribution in [1.29, 1.82) is 0 Å². The third-order valence-electron chi connectivity index (χ3n) is 2.88. The molecule has 0 aliphatic heterocycles. The summed E-state index contributed by atoms with van der Waals surface area (Å²) in [7, 11) is 0. The second-order valence-electron chi connectivity index (χ2n) is 4.13. The molecule has 0 radical (unpaired) electrons. The first-order chi connectivity index (χ1) is 8.83. The van der Waals surface area contributed by atoms with E-state index in [0.29, 0.717) is 12.5 Å².